The van der Waals surface area contributed by atoms with Crippen molar-refractivity contribution in [3.05, 3.63) is 59.9 Å². The fourth-order valence-corrected chi connectivity index (χ4v) is 3.66. The van der Waals surface area contributed by atoms with Gasteiger partial charge in [0.2, 0.25) is 0 Å². The molecule has 2 aromatic rings. The molecule has 3 rings (SSSR count). The van der Waals surface area contributed by atoms with E-state index in [1.54, 1.807) is 36.0 Å². The van der Waals surface area contributed by atoms with Gasteiger partial charge in [0.05, 0.1) is 18.1 Å². The molecule has 0 bridgehead atoms. The number of sulfonamides is 1. The Morgan fingerprint density at radius 3 is 2.67 bits per heavy atom. The van der Waals surface area contributed by atoms with Crippen LogP contribution < -0.4 is 9.88 Å². The van der Waals surface area contributed by atoms with Crippen LogP contribution in [-0.4, -0.2) is 30.7 Å². The Balaban J connectivity index is 2.21. The van der Waals surface area contributed by atoms with Crippen LogP contribution in [0.5, 0.6) is 0 Å². The first-order valence-corrected chi connectivity index (χ1v) is 8.33. The number of amides is 1. The van der Waals surface area contributed by atoms with Crippen LogP contribution in [0.15, 0.2) is 59.3 Å². The van der Waals surface area contributed by atoms with Crippen molar-refractivity contribution in [2.45, 2.75) is 4.90 Å². The first-order chi connectivity index (χ1) is 12.5. The number of anilines is 1. The molecule has 1 aromatic carbocycles. The fourth-order valence-electron chi connectivity index (χ4n) is 2.36. The number of carbonyl (C=O) groups is 1. The van der Waals surface area contributed by atoms with Crippen molar-refractivity contribution < 1.29 is 27.0 Å². The number of likely N-dealkylation sites (N-methyl/N-ethyl adjacent to an activating group) is 1. The van der Waals surface area contributed by atoms with Gasteiger partial charge in [-0.1, -0.05) is 18.2 Å². The number of benzene rings is 1. The Morgan fingerprint density at radius 1 is 1.25 bits per heavy atom. The topological polar surface area (TPSA) is 90.6 Å². The molecule has 0 fully saturated rings. The van der Waals surface area contributed by atoms with E-state index in [0.29, 0.717) is 0 Å². The summed E-state index contributed by atoms with van der Waals surface area (Å²) in [5, 5.41) is 13.0. The molecule has 0 saturated heterocycles. The van der Waals surface area contributed by atoms with Crippen LogP contribution in [0.2, 0.25) is 0 Å². The molecule has 124 valence electrons. The van der Waals surface area contributed by atoms with Gasteiger partial charge in [0.15, 0.2) is 11.5 Å². The number of hydrogen-bond donors (Lipinski definition) is 2. The molecule has 7 nitrogen and oxygen atoms in total. The van der Waals surface area contributed by atoms with Crippen molar-refractivity contribution in [1.82, 2.24) is 4.31 Å². The van der Waals surface area contributed by atoms with Gasteiger partial charge in [-0.3, -0.25) is 4.31 Å². The Morgan fingerprint density at radius 2 is 1.96 bits per heavy atom. The van der Waals surface area contributed by atoms with Gasteiger partial charge in [-0.05, 0) is 18.2 Å². The number of nitrogens with zero attached hydrogens (tertiary/aromatic N) is 2. The second kappa shape index (κ2) is 5.64. The number of nitrogens with one attached hydrogen (secondary N) is 1. The molecular formula is C16H16N3O4S+. The highest BCUT2D eigenvalue weighted by Crippen LogP contribution is 2.34. The number of aromatic nitrogens is 1. The molecule has 1 amide bonds. The highest BCUT2D eigenvalue weighted by molar-refractivity contribution is 7.89. The molecule has 0 saturated carbocycles. The summed E-state index contributed by atoms with van der Waals surface area (Å²) in [6.45, 7) is -3.22. The minimum absolute atomic E-state index is 0.0179. The van der Waals surface area contributed by atoms with Crippen LogP contribution in [-0.2, 0) is 21.9 Å². The lowest BCUT2D eigenvalue weighted by Gasteiger charge is -2.27. The molecular weight excluding hydrogens is 330 g/mol. The van der Waals surface area contributed by atoms with E-state index >= 15 is 0 Å². The second-order valence-electron chi connectivity index (χ2n) is 5.11. The summed E-state index contributed by atoms with van der Waals surface area (Å²) >= 11 is 0. The van der Waals surface area contributed by atoms with Gasteiger partial charge in [0, 0.05) is 22.7 Å². The predicted molar refractivity (Wildman–Crippen MR) is 87.2 cm³/mol. The normalized spacial score (nSPS) is 18.2. The van der Waals surface area contributed by atoms with Gasteiger partial charge in [0.25, 0.3) is 15.8 Å². The SMILES string of the molecule is [3H]C([3H])([3H])N1C(C(=O)Nc2cccc[n+]2C)=C(O)c2ccccc2S1(=O)=O. The summed E-state index contributed by atoms with van der Waals surface area (Å²) in [5.74, 6) is -1.51. The van der Waals surface area contributed by atoms with Crippen molar-refractivity contribution in [3.8, 4) is 0 Å². The van der Waals surface area contributed by atoms with Gasteiger partial charge in [-0.2, -0.15) is 0 Å². The quantitative estimate of drug-likeness (QED) is 0.789. The van der Waals surface area contributed by atoms with Crippen molar-refractivity contribution in [2.75, 3.05) is 12.3 Å². The molecule has 2 N–H and O–H groups in total. The van der Waals surface area contributed by atoms with Crippen LogP contribution in [0.4, 0.5) is 5.82 Å². The Labute approximate surface area is 143 Å². The number of aryl methyl sites for hydroxylation is 1. The van der Waals surface area contributed by atoms with Crippen molar-refractivity contribution >= 4 is 27.5 Å². The van der Waals surface area contributed by atoms with E-state index in [2.05, 4.69) is 5.32 Å². The third kappa shape index (κ3) is 2.41. The zero-order valence-corrected chi connectivity index (χ0v) is 13.4. The summed E-state index contributed by atoms with van der Waals surface area (Å²) in [6, 6.07) is 10.2. The van der Waals surface area contributed by atoms with E-state index in [9.17, 15) is 18.3 Å². The lowest BCUT2D eigenvalue weighted by Crippen LogP contribution is -2.40. The molecule has 24 heavy (non-hydrogen) atoms. The third-order valence-corrected chi connectivity index (χ3v) is 5.17. The maximum Gasteiger partial charge on any atom is 0.360 e. The maximum absolute atomic E-state index is 12.9. The molecule has 1 aromatic heterocycles. The summed E-state index contributed by atoms with van der Waals surface area (Å²) < 4.78 is 50.1. The van der Waals surface area contributed by atoms with Crippen LogP contribution in [0.25, 0.3) is 5.76 Å². The first kappa shape index (κ1) is 12.5. The highest BCUT2D eigenvalue weighted by Gasteiger charge is 2.39. The number of carbonyl (C=O) groups excluding carboxylic acids is 1. The number of fused-ring (bicyclic) bond motifs is 1. The fraction of sp³-hybridized carbons (Fsp3) is 0.125. The minimum Gasteiger partial charge on any atom is -0.505 e. The summed E-state index contributed by atoms with van der Waals surface area (Å²) in [5.41, 5.74) is -1.00. The minimum atomic E-state index is -4.58. The van der Waals surface area contributed by atoms with E-state index in [-0.39, 0.29) is 20.6 Å². The van der Waals surface area contributed by atoms with Crippen molar-refractivity contribution in [1.29, 1.82) is 0 Å². The number of hydrogen-bond acceptors (Lipinski definition) is 4. The van der Waals surface area contributed by atoms with Crippen LogP contribution in [0.1, 0.15) is 9.68 Å². The zero-order valence-electron chi connectivity index (χ0n) is 15.6. The third-order valence-electron chi connectivity index (χ3n) is 3.60. The first-order valence-electron chi connectivity index (χ1n) is 8.39. The molecule has 8 heteroatoms. The van der Waals surface area contributed by atoms with E-state index in [4.69, 9.17) is 4.11 Å². The van der Waals surface area contributed by atoms with Crippen LogP contribution >= 0.6 is 0 Å². The molecule has 1 aliphatic heterocycles. The number of aliphatic hydroxyl groups is 1. The average molecular weight is 352 g/mol. The predicted octanol–water partition coefficient (Wildman–Crippen LogP) is 1.01. The van der Waals surface area contributed by atoms with E-state index < -0.39 is 34.4 Å². The largest absolute Gasteiger partial charge is 0.505 e. The summed E-state index contributed by atoms with van der Waals surface area (Å²) in [7, 11) is -2.95. The standard InChI is InChI=1S/C16H15N3O4S/c1-18-10-6-5-9-13(18)17-16(21)14-15(20)11-7-3-4-8-12(11)24(22,23)19(14)2/h3-10H,1-2H3,(H,20,21)/p+1/i2T3. The van der Waals surface area contributed by atoms with Gasteiger partial charge in [-0.15, -0.1) is 0 Å². The number of pyridine rings is 1. The van der Waals surface area contributed by atoms with Crippen molar-refractivity contribution in [3.63, 3.8) is 0 Å². The van der Waals surface area contributed by atoms with E-state index in [0.717, 1.165) is 0 Å². The lowest BCUT2D eigenvalue weighted by atomic mass is 10.1. The maximum atomic E-state index is 12.9. The molecule has 0 atom stereocenters. The van der Waals surface area contributed by atoms with E-state index in [1.165, 1.54) is 24.3 Å². The van der Waals surface area contributed by atoms with Crippen LogP contribution in [0.3, 0.4) is 0 Å². The summed E-state index contributed by atoms with van der Waals surface area (Å²) in [4.78, 5) is 12.4. The van der Waals surface area contributed by atoms with E-state index in [1.807, 2.05) is 0 Å². The monoisotopic (exact) mass is 352 g/mol. The Kier molecular flexibility index (Phi) is 2.95. The van der Waals surface area contributed by atoms with Crippen molar-refractivity contribution in [2.24, 2.45) is 7.05 Å². The van der Waals surface area contributed by atoms with Gasteiger partial charge in [-0.25, -0.2) is 23.1 Å². The van der Waals surface area contributed by atoms with Gasteiger partial charge < -0.3 is 5.11 Å². The molecule has 0 unspecified atom stereocenters. The molecule has 0 radical (unpaired) electrons. The summed E-state index contributed by atoms with van der Waals surface area (Å²) in [6.07, 6.45) is 1.64. The highest BCUT2D eigenvalue weighted by atomic mass is 32.2. The molecule has 1 aliphatic rings. The van der Waals surface area contributed by atoms with Crippen LogP contribution in [0, 0.1) is 0 Å². The molecule has 0 spiro atoms. The Hall–Kier alpha value is -2.87. The number of aliphatic hydroxyl groups excluding tert-OH is 1. The smallest absolute Gasteiger partial charge is 0.360 e. The average Bonchev–Trinajstić information content (AvgIpc) is 2.59. The van der Waals surface area contributed by atoms with Gasteiger partial charge in [0.1, 0.15) is 0 Å². The second-order valence-corrected chi connectivity index (χ2v) is 6.87. The lowest BCUT2D eigenvalue weighted by molar-refractivity contribution is -0.657. The molecule has 2 heterocycles. The zero-order chi connectivity index (χ0) is 20.0. The number of rotatable bonds is 2. The Bertz CT molecular complexity index is 1060. The van der Waals surface area contributed by atoms with Gasteiger partial charge >= 0.3 is 5.91 Å². The molecule has 0 aliphatic carbocycles.